The molecule has 158 valence electrons. The summed E-state index contributed by atoms with van der Waals surface area (Å²) in [5.74, 6) is 1.86. The van der Waals surface area contributed by atoms with Gasteiger partial charge in [0.15, 0.2) is 5.16 Å². The SMILES string of the molecule is CC(C)c1nnc(SCC(=O)N2CCN(Cc3cccc4ccccc34)CC2)n1C. The Labute approximate surface area is 182 Å². The molecule has 0 N–H and O–H groups in total. The predicted molar refractivity (Wildman–Crippen MR) is 122 cm³/mol. The molecule has 0 spiro atoms. The van der Waals surface area contributed by atoms with Crippen molar-refractivity contribution in [2.75, 3.05) is 31.9 Å². The highest BCUT2D eigenvalue weighted by atomic mass is 32.2. The number of amides is 1. The fraction of sp³-hybridized carbons (Fsp3) is 0.435. The van der Waals surface area contributed by atoms with Crippen LogP contribution in [-0.4, -0.2) is 62.4 Å². The van der Waals surface area contributed by atoms with Crippen molar-refractivity contribution in [1.82, 2.24) is 24.6 Å². The van der Waals surface area contributed by atoms with Crippen LogP contribution in [0.1, 0.15) is 31.2 Å². The van der Waals surface area contributed by atoms with Gasteiger partial charge in [-0.1, -0.05) is 68.1 Å². The number of hydrogen-bond donors (Lipinski definition) is 0. The number of hydrogen-bond acceptors (Lipinski definition) is 5. The zero-order valence-electron chi connectivity index (χ0n) is 17.9. The first-order chi connectivity index (χ1) is 14.5. The van der Waals surface area contributed by atoms with Crippen molar-refractivity contribution >= 4 is 28.4 Å². The Kier molecular flexibility index (Phi) is 6.39. The van der Waals surface area contributed by atoms with Gasteiger partial charge >= 0.3 is 0 Å². The van der Waals surface area contributed by atoms with Crippen LogP contribution < -0.4 is 0 Å². The molecule has 0 unspecified atom stereocenters. The first kappa shape index (κ1) is 20.9. The van der Waals surface area contributed by atoms with E-state index < -0.39 is 0 Å². The number of rotatable bonds is 6. The Morgan fingerprint density at radius 1 is 1.03 bits per heavy atom. The molecule has 0 saturated carbocycles. The molecule has 30 heavy (non-hydrogen) atoms. The van der Waals surface area contributed by atoms with Crippen LogP contribution in [0.5, 0.6) is 0 Å². The zero-order chi connectivity index (χ0) is 21.1. The molecular formula is C23H29N5OS. The molecule has 0 radical (unpaired) electrons. The maximum absolute atomic E-state index is 12.7. The van der Waals surface area contributed by atoms with Gasteiger partial charge in [-0.3, -0.25) is 9.69 Å². The molecule has 1 aromatic heterocycles. The molecule has 2 heterocycles. The molecule has 2 aromatic carbocycles. The lowest BCUT2D eigenvalue weighted by Crippen LogP contribution is -2.48. The minimum Gasteiger partial charge on any atom is -0.339 e. The van der Waals surface area contributed by atoms with Gasteiger partial charge in [-0.15, -0.1) is 10.2 Å². The highest BCUT2D eigenvalue weighted by Crippen LogP contribution is 2.22. The van der Waals surface area contributed by atoms with Crippen LogP contribution in [0, 0.1) is 0 Å². The molecule has 1 amide bonds. The predicted octanol–water partition coefficient (Wildman–Crippen LogP) is 3.53. The van der Waals surface area contributed by atoms with Crippen LogP contribution >= 0.6 is 11.8 Å². The Balaban J connectivity index is 1.29. The molecule has 1 fully saturated rings. The minimum atomic E-state index is 0.180. The largest absolute Gasteiger partial charge is 0.339 e. The molecule has 1 aliphatic heterocycles. The number of benzene rings is 2. The van der Waals surface area contributed by atoms with Gasteiger partial charge in [-0.2, -0.15) is 0 Å². The standard InChI is InChI=1S/C23H29N5OS/c1-17(2)22-24-25-23(26(22)3)30-16-21(29)28-13-11-27(12-14-28)15-19-9-6-8-18-7-4-5-10-20(18)19/h4-10,17H,11-16H2,1-3H3. The number of carbonyl (C=O) groups is 1. The van der Waals surface area contributed by atoms with Gasteiger partial charge in [-0.05, 0) is 16.3 Å². The average Bonchev–Trinajstić information content (AvgIpc) is 3.13. The van der Waals surface area contributed by atoms with E-state index in [-0.39, 0.29) is 5.91 Å². The Hall–Kier alpha value is -2.38. The maximum Gasteiger partial charge on any atom is 0.233 e. The lowest BCUT2D eigenvalue weighted by atomic mass is 10.0. The number of nitrogens with zero attached hydrogens (tertiary/aromatic N) is 5. The summed E-state index contributed by atoms with van der Waals surface area (Å²) in [6, 6.07) is 15.0. The normalized spacial score (nSPS) is 15.3. The van der Waals surface area contributed by atoms with E-state index in [4.69, 9.17) is 0 Å². The van der Waals surface area contributed by atoms with Gasteiger partial charge in [0.2, 0.25) is 5.91 Å². The summed E-state index contributed by atoms with van der Waals surface area (Å²) in [5.41, 5.74) is 1.35. The molecule has 0 bridgehead atoms. The average molecular weight is 424 g/mol. The molecule has 1 aliphatic rings. The number of thioether (sulfide) groups is 1. The van der Waals surface area contributed by atoms with Crippen LogP contribution in [0.2, 0.25) is 0 Å². The van der Waals surface area contributed by atoms with E-state index in [0.29, 0.717) is 11.7 Å². The third-order valence-electron chi connectivity index (χ3n) is 5.71. The second-order valence-electron chi connectivity index (χ2n) is 8.14. The third-order valence-corrected chi connectivity index (χ3v) is 6.71. The molecule has 0 aliphatic carbocycles. The van der Waals surface area contributed by atoms with Crippen LogP contribution in [-0.2, 0) is 18.4 Å². The van der Waals surface area contributed by atoms with Crippen molar-refractivity contribution in [2.24, 2.45) is 7.05 Å². The number of aromatic nitrogens is 3. The van der Waals surface area contributed by atoms with Crippen molar-refractivity contribution in [1.29, 1.82) is 0 Å². The van der Waals surface area contributed by atoms with Gasteiger partial charge in [-0.25, -0.2) is 0 Å². The van der Waals surface area contributed by atoms with Crippen molar-refractivity contribution in [3.8, 4) is 0 Å². The number of carbonyl (C=O) groups excluding carboxylic acids is 1. The van der Waals surface area contributed by atoms with E-state index in [1.54, 1.807) is 0 Å². The second kappa shape index (κ2) is 9.18. The quantitative estimate of drug-likeness (QED) is 0.568. The van der Waals surface area contributed by atoms with Crippen LogP contribution in [0.15, 0.2) is 47.6 Å². The Morgan fingerprint density at radius 3 is 2.50 bits per heavy atom. The summed E-state index contributed by atoms with van der Waals surface area (Å²) in [6.45, 7) is 8.49. The maximum atomic E-state index is 12.7. The van der Waals surface area contributed by atoms with Crippen LogP contribution in [0.3, 0.4) is 0 Å². The van der Waals surface area contributed by atoms with Gasteiger partial charge in [0, 0.05) is 45.7 Å². The summed E-state index contributed by atoms with van der Waals surface area (Å²) in [4.78, 5) is 17.1. The molecule has 4 rings (SSSR count). The van der Waals surface area contributed by atoms with E-state index in [2.05, 4.69) is 71.4 Å². The monoisotopic (exact) mass is 423 g/mol. The highest BCUT2D eigenvalue weighted by molar-refractivity contribution is 7.99. The van der Waals surface area contributed by atoms with Crippen molar-refractivity contribution in [3.63, 3.8) is 0 Å². The summed E-state index contributed by atoms with van der Waals surface area (Å²) in [7, 11) is 1.97. The highest BCUT2D eigenvalue weighted by Gasteiger charge is 2.22. The van der Waals surface area contributed by atoms with E-state index in [9.17, 15) is 4.79 Å². The minimum absolute atomic E-state index is 0.180. The fourth-order valence-electron chi connectivity index (χ4n) is 4.00. The van der Waals surface area contributed by atoms with Crippen molar-refractivity contribution in [3.05, 3.63) is 53.9 Å². The number of fused-ring (bicyclic) bond motifs is 1. The first-order valence-corrected chi connectivity index (χ1v) is 11.5. The van der Waals surface area contributed by atoms with Crippen molar-refractivity contribution in [2.45, 2.75) is 31.5 Å². The van der Waals surface area contributed by atoms with Crippen LogP contribution in [0.25, 0.3) is 10.8 Å². The van der Waals surface area contributed by atoms with Gasteiger partial charge in [0.05, 0.1) is 5.75 Å². The van der Waals surface area contributed by atoms with Gasteiger partial charge < -0.3 is 9.47 Å². The molecule has 7 heteroatoms. The fourth-order valence-corrected chi connectivity index (χ4v) is 4.82. The van der Waals surface area contributed by atoms with E-state index in [1.165, 1.54) is 28.1 Å². The first-order valence-electron chi connectivity index (χ1n) is 10.5. The van der Waals surface area contributed by atoms with E-state index in [1.807, 2.05) is 16.5 Å². The third kappa shape index (κ3) is 4.52. The van der Waals surface area contributed by atoms with E-state index in [0.717, 1.165) is 43.7 Å². The summed E-state index contributed by atoms with van der Waals surface area (Å²) in [5, 5.41) is 11.9. The molecule has 0 atom stereocenters. The van der Waals surface area contributed by atoms with Crippen molar-refractivity contribution < 1.29 is 4.79 Å². The smallest absolute Gasteiger partial charge is 0.233 e. The summed E-state index contributed by atoms with van der Waals surface area (Å²) < 4.78 is 1.99. The Bertz CT molecular complexity index is 1020. The van der Waals surface area contributed by atoms with Crippen LogP contribution in [0.4, 0.5) is 0 Å². The lowest BCUT2D eigenvalue weighted by molar-refractivity contribution is -0.130. The second-order valence-corrected chi connectivity index (χ2v) is 9.08. The topological polar surface area (TPSA) is 54.3 Å². The molecule has 1 saturated heterocycles. The van der Waals surface area contributed by atoms with Gasteiger partial charge in [0.25, 0.3) is 0 Å². The Morgan fingerprint density at radius 2 is 1.77 bits per heavy atom. The lowest BCUT2D eigenvalue weighted by Gasteiger charge is -2.35. The van der Waals surface area contributed by atoms with E-state index >= 15 is 0 Å². The van der Waals surface area contributed by atoms with Gasteiger partial charge in [0.1, 0.15) is 5.82 Å². The molecule has 6 nitrogen and oxygen atoms in total. The molecule has 3 aromatic rings. The zero-order valence-corrected chi connectivity index (χ0v) is 18.7. The summed E-state index contributed by atoms with van der Waals surface area (Å²) in [6.07, 6.45) is 0. The number of piperazine rings is 1. The molecular weight excluding hydrogens is 394 g/mol. The summed E-state index contributed by atoms with van der Waals surface area (Å²) >= 11 is 1.48.